The van der Waals surface area contributed by atoms with Gasteiger partial charge in [0, 0.05) is 138 Å². The molecule has 726 valence electrons. The Balaban J connectivity index is 0.000000155. The number of sulfone groups is 4. The summed E-state index contributed by atoms with van der Waals surface area (Å²) in [6.45, 7) is 11.2. The van der Waals surface area contributed by atoms with Crippen LogP contribution in [0.1, 0.15) is 120 Å². The van der Waals surface area contributed by atoms with Gasteiger partial charge in [0.25, 0.3) is 23.6 Å². The van der Waals surface area contributed by atoms with E-state index in [1.165, 1.54) is 88.4 Å². The van der Waals surface area contributed by atoms with Crippen LogP contribution in [0.25, 0.3) is 40.5 Å². The van der Waals surface area contributed by atoms with Crippen molar-refractivity contribution in [1.82, 2.24) is 50.8 Å². The maximum atomic E-state index is 13.6. The first-order valence-corrected chi connectivity index (χ1v) is 54.6. The van der Waals surface area contributed by atoms with Crippen molar-refractivity contribution in [2.45, 2.75) is 131 Å². The van der Waals surface area contributed by atoms with Crippen molar-refractivity contribution >= 4 is 205 Å². The van der Waals surface area contributed by atoms with Crippen molar-refractivity contribution in [3.8, 4) is 11.5 Å². The van der Waals surface area contributed by atoms with Gasteiger partial charge >= 0.3 is 30.5 Å². The van der Waals surface area contributed by atoms with E-state index in [0.29, 0.717) is 162 Å². The van der Waals surface area contributed by atoms with Crippen LogP contribution in [-0.4, -0.2) is 230 Å². The van der Waals surface area contributed by atoms with Gasteiger partial charge in [0.05, 0.1) is 69.9 Å². The number of carbonyl (C=O) groups excluding carboxylic acids is 8. The number of hydrogen-bond donors (Lipinski definition) is 8. The number of hydrogen-bond acceptors (Lipinski definition) is 25. The van der Waals surface area contributed by atoms with Gasteiger partial charge < -0.3 is 50.3 Å². The number of rotatable bonds is 23. The highest BCUT2D eigenvalue weighted by Crippen LogP contribution is 2.44. The van der Waals surface area contributed by atoms with Gasteiger partial charge in [0.1, 0.15) is 36.3 Å². The van der Waals surface area contributed by atoms with Gasteiger partial charge in [-0.15, -0.1) is 58.9 Å². The molecule has 0 aliphatic carbocycles. The van der Waals surface area contributed by atoms with Crippen LogP contribution in [0, 0.1) is 0 Å². The summed E-state index contributed by atoms with van der Waals surface area (Å²) in [4.78, 5) is 119. The Morgan fingerprint density at radius 2 is 0.693 bits per heavy atom. The lowest BCUT2D eigenvalue weighted by molar-refractivity contribution is -0.274. The van der Waals surface area contributed by atoms with Crippen molar-refractivity contribution in [3.05, 3.63) is 211 Å². The van der Waals surface area contributed by atoms with Crippen molar-refractivity contribution < 1.29 is 94.7 Å². The molecule has 0 saturated carbocycles. The van der Waals surface area contributed by atoms with Gasteiger partial charge in [-0.05, 0) is 182 Å². The molecule has 137 heavy (non-hydrogen) atoms. The number of halogens is 3. The van der Waals surface area contributed by atoms with Gasteiger partial charge in [-0.1, -0.05) is 84.1 Å². The number of anilines is 4. The monoisotopic (exact) mass is 2050 g/mol. The first-order chi connectivity index (χ1) is 65.6. The van der Waals surface area contributed by atoms with E-state index < -0.39 is 78.5 Å². The predicted octanol–water partition coefficient (Wildman–Crippen LogP) is 16.9. The Kier molecular flexibility index (Phi) is 34.0. The third kappa shape index (κ3) is 24.4. The fourth-order valence-electron chi connectivity index (χ4n) is 16.3. The summed E-state index contributed by atoms with van der Waals surface area (Å²) in [7, 11) is -13.0. The minimum Gasteiger partial charge on any atom is -0.497 e. The van der Waals surface area contributed by atoms with E-state index >= 15 is 0 Å². The van der Waals surface area contributed by atoms with Gasteiger partial charge in [-0.3, -0.25) is 45.4 Å². The minimum absolute atomic E-state index is 0.0951. The fourth-order valence-corrected chi connectivity index (χ4v) is 28.1. The molecule has 10 heterocycles. The van der Waals surface area contributed by atoms with Crippen LogP contribution in [0.15, 0.2) is 213 Å². The number of ether oxygens (including phenoxy) is 2. The quantitative estimate of drug-likeness (QED) is 0.0276. The lowest BCUT2D eigenvalue weighted by atomic mass is 10.1. The van der Waals surface area contributed by atoms with E-state index in [1.54, 1.807) is 88.5 Å². The number of methoxy groups -OCH3 is 1. The average molecular weight is 2050 g/mol. The minimum atomic E-state index is -4.94. The smallest absolute Gasteiger partial charge is 0.497 e. The summed E-state index contributed by atoms with van der Waals surface area (Å²) >= 11 is 6.72. The first kappa shape index (κ1) is 102. The number of amides is 12. The normalized spacial score (nSPS) is 14.9. The van der Waals surface area contributed by atoms with Crippen LogP contribution >= 0.6 is 57.1 Å². The topological polar surface area (TPSA) is 427 Å². The number of urea groups is 4. The molecule has 0 radical (unpaired) electrons. The third-order valence-corrected chi connectivity index (χ3v) is 37.1. The molecule has 4 saturated heterocycles. The van der Waals surface area contributed by atoms with Crippen molar-refractivity contribution in [2.24, 2.45) is 0 Å². The standard InChI is InChI=1S/C24H27N3O5S2.C24H27N3O4S3.C23H23F3N4O5S2.C22H24N4O4S2/c2*1-3-25-24(29)26-22-21(19-9-4-5-10-20(19)33-22)23(28)27-13-11-17(12-14-27)34(30,31)18-8-6-7-16(15-18)32-2;1-2-27-22(32)29-20-18(17-7-4-10-28-19(17)36-20)21(31)30-11-8-15(9-12-30)37(33,34)16-6-3-5-14(13-16)35-23(24,25)26;1-2-24-22(28)25-20-19(17-7-3-4-8-18(17)31-20)21(27)26-12-9-15(10-13-26)32(29,30)16-6-5-11-23-14-16/h2*4-10,15,17H,3,11-14H2,1-2H3,(H2,25,26,29);3-7,10,13,15H,2,8-9,11-12H2,1H3,(H2,27,29,32);3-8,11,14-15H,2,9-10,12-13H2,1H3,(H2,24,25,28). The summed E-state index contributed by atoms with van der Waals surface area (Å²) in [5.74, 6) is -1.10. The van der Waals surface area contributed by atoms with Gasteiger partial charge in [0.2, 0.25) is 0 Å². The summed E-state index contributed by atoms with van der Waals surface area (Å²) in [5.41, 5.74) is 1.63. The zero-order chi connectivity index (χ0) is 98.1. The molecule has 6 aromatic carbocycles. The van der Waals surface area contributed by atoms with Gasteiger partial charge in [-0.25, -0.2) is 57.8 Å². The fraction of sp³-hybridized carbons (Fsp3) is 0.333. The Labute approximate surface area is 810 Å². The van der Waals surface area contributed by atoms with E-state index in [9.17, 15) is 85.2 Å². The zero-order valence-electron chi connectivity index (χ0n) is 75.2. The number of piperidine rings is 4. The second kappa shape index (κ2) is 45.5. The average Bonchev–Trinajstić information content (AvgIpc) is 1.62. The second-order valence-electron chi connectivity index (χ2n) is 31.7. The molecule has 4 aliphatic rings. The molecule has 6 aromatic heterocycles. The number of thioether (sulfide) groups is 1. The number of alkyl halides is 3. The predicted molar refractivity (Wildman–Crippen MR) is 529 cm³/mol. The number of aromatic nitrogens is 2. The van der Waals surface area contributed by atoms with E-state index in [0.717, 1.165) is 58.6 Å². The Morgan fingerprint density at radius 1 is 0.387 bits per heavy atom. The van der Waals surface area contributed by atoms with Crippen molar-refractivity contribution in [1.29, 1.82) is 0 Å². The van der Waals surface area contributed by atoms with Crippen LogP contribution in [0.4, 0.5) is 52.4 Å². The van der Waals surface area contributed by atoms with E-state index in [-0.39, 0.29) is 87.9 Å². The lowest BCUT2D eigenvalue weighted by Gasteiger charge is -2.32. The third-order valence-electron chi connectivity index (χ3n) is 23.1. The molecule has 0 unspecified atom stereocenters. The summed E-state index contributed by atoms with van der Waals surface area (Å²) in [6, 6.07) is 45.4. The molecule has 8 N–H and O–H groups in total. The van der Waals surface area contributed by atoms with E-state index in [2.05, 4.69) is 57.2 Å². The van der Waals surface area contributed by atoms with Crippen LogP contribution in [0.2, 0.25) is 0 Å². The summed E-state index contributed by atoms with van der Waals surface area (Å²) in [6.07, 6.45) is 3.77. The maximum Gasteiger partial charge on any atom is 0.573 e. The lowest BCUT2D eigenvalue weighted by Crippen LogP contribution is -2.42. The molecule has 4 aliphatic heterocycles. The molecular weight excluding hydrogens is 1950 g/mol. The van der Waals surface area contributed by atoms with E-state index in [4.69, 9.17) is 4.74 Å². The maximum absolute atomic E-state index is 13.6. The number of benzene rings is 6. The zero-order valence-corrected chi connectivity index (χ0v) is 82.5. The first-order valence-electron chi connectivity index (χ1n) is 43.9. The highest BCUT2D eigenvalue weighted by atomic mass is 32.2. The second-order valence-corrected chi connectivity index (χ2v) is 45.7. The molecule has 4 fully saturated rings. The number of thiophene rings is 4. The molecule has 16 rings (SSSR count). The van der Waals surface area contributed by atoms with Crippen molar-refractivity contribution in [3.63, 3.8) is 0 Å². The van der Waals surface area contributed by atoms with Gasteiger partial charge in [-0.2, -0.15) is 0 Å². The number of nitrogens with zero attached hydrogens (tertiary/aromatic N) is 6. The SMILES string of the molecule is CCNC(=O)Nc1sc2ccccc2c1C(=O)N1CCC(S(=O)(=O)c2cccc(OC)c2)CC1.CCNC(=O)Nc1sc2ccccc2c1C(=O)N1CCC(S(=O)(=O)c2cccc(SC)c2)CC1.CCNC(=O)Nc1sc2ccccc2c1C(=O)N1CCC(S(=O)(=O)c2cccnc2)CC1.CCNC(=O)Nc1sc2ncccc2c1C(=O)N1CCC(S(=O)(=O)c2cccc(OC(F)(F)F)c2)CC1. The highest BCUT2D eigenvalue weighted by Gasteiger charge is 2.41. The Bertz CT molecular complexity index is 6710. The highest BCUT2D eigenvalue weighted by molar-refractivity contribution is 7.98. The van der Waals surface area contributed by atoms with Crippen LogP contribution in [0.3, 0.4) is 0 Å². The van der Waals surface area contributed by atoms with Crippen molar-refractivity contribution in [2.75, 3.05) is 113 Å². The van der Waals surface area contributed by atoms with Crippen LogP contribution < -0.4 is 52.0 Å². The molecule has 44 heteroatoms. The Hall–Kier alpha value is -12.0. The van der Waals surface area contributed by atoms with Crippen LogP contribution in [-0.2, 0) is 39.3 Å². The molecule has 12 aromatic rings. The summed E-state index contributed by atoms with van der Waals surface area (Å²) < 4.78 is 154. The molecule has 0 spiro atoms. The van der Waals surface area contributed by atoms with E-state index in [1.807, 2.05) is 106 Å². The molecule has 0 bridgehead atoms. The van der Waals surface area contributed by atoms with Gasteiger partial charge in [0.15, 0.2) is 39.3 Å². The number of likely N-dealkylation sites (tertiary alicyclic amines) is 4. The Morgan fingerprint density at radius 3 is 1.04 bits per heavy atom. The largest absolute Gasteiger partial charge is 0.573 e. The van der Waals surface area contributed by atoms with Crippen LogP contribution in [0.5, 0.6) is 11.5 Å². The number of fused-ring (bicyclic) bond motifs is 4. The molecule has 32 nitrogen and oxygen atoms in total. The molecular formula is C93H101F3N14O18S9. The summed E-state index contributed by atoms with van der Waals surface area (Å²) in [5, 5.41) is 24.0. The number of carbonyl (C=O) groups is 8. The molecule has 0 atom stereocenters. The number of pyridine rings is 2. The number of nitrogens with one attached hydrogen (secondary N) is 8. The molecule has 12 amide bonds.